The zero-order chi connectivity index (χ0) is 49.2. The maximum absolute atomic E-state index is 14.4. The zero-order valence-electron chi connectivity index (χ0n) is 39.1. The van der Waals surface area contributed by atoms with Gasteiger partial charge in [0.1, 0.15) is 29.5 Å². The molecule has 19 heteroatoms. The van der Waals surface area contributed by atoms with E-state index < -0.39 is 59.8 Å². The second kappa shape index (κ2) is 20.0. The van der Waals surface area contributed by atoms with Crippen LogP contribution in [0.4, 0.5) is 31.9 Å². The fourth-order valence-corrected chi connectivity index (χ4v) is 9.94. The third-order valence-corrected chi connectivity index (χ3v) is 14.0. The minimum atomic E-state index is -2.83. The van der Waals surface area contributed by atoms with E-state index in [1.165, 1.54) is 29.6 Å². The average Bonchev–Trinajstić information content (AvgIpc) is 4.06. The van der Waals surface area contributed by atoms with Gasteiger partial charge in [0.2, 0.25) is 11.8 Å². The number of hydrogen-bond acceptors (Lipinski definition) is 12. The first kappa shape index (κ1) is 48.5. The quantitative estimate of drug-likeness (QED) is 0.0910. The van der Waals surface area contributed by atoms with Crippen LogP contribution in [0, 0.1) is 18.9 Å². The molecule has 5 aromatic rings. The normalized spacial score (nSPS) is 19.1. The molecular formula is C50H55F2N11O5S. The van der Waals surface area contributed by atoms with Crippen LogP contribution in [0.2, 0.25) is 0 Å². The second-order valence-corrected chi connectivity index (χ2v) is 20.0. The molecule has 3 saturated heterocycles. The lowest BCUT2D eigenvalue weighted by atomic mass is 9.85. The molecule has 4 atom stereocenters. The summed E-state index contributed by atoms with van der Waals surface area (Å²) in [4.78, 5) is 82.7. The number of benzene rings is 1. The molecule has 0 bridgehead atoms. The number of hydrogen-bond donors (Lipinski definition) is 4. The van der Waals surface area contributed by atoms with Gasteiger partial charge >= 0.3 is 0 Å². The summed E-state index contributed by atoms with van der Waals surface area (Å²) in [6.07, 6.45) is 4.14. The average molecular weight is 960 g/mol. The Morgan fingerprint density at radius 3 is 2.36 bits per heavy atom. The first-order valence-corrected chi connectivity index (χ1v) is 23.8. The number of alkyl halides is 2. The van der Waals surface area contributed by atoms with Crippen LogP contribution in [-0.4, -0.2) is 115 Å². The van der Waals surface area contributed by atoms with Gasteiger partial charge in [-0.1, -0.05) is 45.0 Å². The first-order chi connectivity index (χ1) is 32.8. The highest BCUT2D eigenvalue weighted by molar-refractivity contribution is 7.13. The Labute approximate surface area is 403 Å². The van der Waals surface area contributed by atoms with Gasteiger partial charge in [-0.15, -0.1) is 11.3 Å². The molecule has 4 aromatic heterocycles. The summed E-state index contributed by atoms with van der Waals surface area (Å²) in [5.74, 6) is -3.60. The van der Waals surface area contributed by atoms with Gasteiger partial charge in [-0.3, -0.25) is 24.2 Å². The van der Waals surface area contributed by atoms with E-state index >= 15 is 0 Å². The lowest BCUT2D eigenvalue weighted by Crippen LogP contribution is -2.57. The van der Waals surface area contributed by atoms with Crippen molar-refractivity contribution in [3.8, 4) is 10.4 Å². The molecule has 0 spiro atoms. The summed E-state index contributed by atoms with van der Waals surface area (Å²) < 4.78 is 28.7. The van der Waals surface area contributed by atoms with E-state index in [0.717, 1.165) is 27.3 Å². The standard InChI is InChI=1S/C50H55F2N11O5S/c1-29(31-7-9-33(10-8-31)43-30(2)56-28-69-43)57-46(66)39-23-38(64)26-63(39)48(68)44(49(3,4)5)60-45(65)35-19-36(25-54-24-35)47(67)61-16-12-32(13-17-61)34-20-41(58-40-22-37(53-6)11-15-55-40)59-42(21-34)62-18-14-50(51,52)27-62/h7-11,15,19-22,24-25,28-29,32,38-39,44,64H,12-14,16-18,23,26-27H2,1-5H3,(H,57,66)(H,60,65)(H,55,58,59)/t29-,38+,39-,44+/m0/s1. The van der Waals surface area contributed by atoms with E-state index in [-0.39, 0.29) is 48.9 Å². The molecule has 0 radical (unpaired) electrons. The molecule has 4 N–H and O–H groups in total. The van der Waals surface area contributed by atoms with Gasteiger partial charge in [-0.25, -0.2) is 28.6 Å². The summed E-state index contributed by atoms with van der Waals surface area (Å²) in [6, 6.07) is 13.6. The minimum absolute atomic E-state index is 0.0314. The van der Waals surface area contributed by atoms with Crippen molar-refractivity contribution in [2.75, 3.05) is 42.9 Å². The molecular weight excluding hydrogens is 905 g/mol. The molecule has 3 aliphatic heterocycles. The molecule has 0 unspecified atom stereocenters. The fraction of sp³-hybridized carbons (Fsp3) is 0.420. The Kier molecular flexibility index (Phi) is 14.1. The summed E-state index contributed by atoms with van der Waals surface area (Å²) in [5, 5.41) is 19.8. The van der Waals surface area contributed by atoms with Crippen LogP contribution in [0.3, 0.4) is 0 Å². The third-order valence-electron chi connectivity index (χ3n) is 13.0. The van der Waals surface area contributed by atoms with Crippen molar-refractivity contribution in [1.82, 2.24) is 40.4 Å². The topological polar surface area (TPSA) is 190 Å². The molecule has 0 aliphatic carbocycles. The van der Waals surface area contributed by atoms with E-state index in [0.29, 0.717) is 49.1 Å². The van der Waals surface area contributed by atoms with Crippen molar-refractivity contribution in [3.63, 3.8) is 0 Å². The van der Waals surface area contributed by atoms with Gasteiger partial charge in [0, 0.05) is 57.6 Å². The maximum Gasteiger partial charge on any atom is 0.266 e. The zero-order valence-corrected chi connectivity index (χ0v) is 39.9. The fourth-order valence-electron chi connectivity index (χ4n) is 9.13. The lowest BCUT2D eigenvalue weighted by Gasteiger charge is -2.35. The van der Waals surface area contributed by atoms with Crippen LogP contribution in [0.25, 0.3) is 15.3 Å². The largest absolute Gasteiger partial charge is 0.391 e. The Bertz CT molecular complexity index is 2770. The summed E-state index contributed by atoms with van der Waals surface area (Å²) in [5.41, 5.74) is 5.29. The van der Waals surface area contributed by atoms with Crippen molar-refractivity contribution in [2.45, 2.75) is 96.4 Å². The molecule has 4 amide bonds. The Balaban J connectivity index is 0.912. The van der Waals surface area contributed by atoms with E-state index in [1.54, 1.807) is 59.6 Å². The SMILES string of the molecule is [C-]#[N+]c1ccnc(Nc2cc(C3CCN(C(=O)c4cncc(C(=O)N[C@H](C(=O)N5C[C@H](O)C[C@H]5C(=O)N[C@@H](C)c5ccc(-c6scnc6C)cc5)C(C)(C)C)c4)CC3)cc(N3CCC(F)(F)C3)n2)c1. The molecule has 7 heterocycles. The van der Waals surface area contributed by atoms with Crippen LogP contribution in [0.1, 0.15) is 103 Å². The highest BCUT2D eigenvalue weighted by atomic mass is 32.1. The highest BCUT2D eigenvalue weighted by Crippen LogP contribution is 2.37. The van der Waals surface area contributed by atoms with Crippen molar-refractivity contribution >= 4 is 58.1 Å². The van der Waals surface area contributed by atoms with Crippen molar-refractivity contribution < 1.29 is 33.1 Å². The molecule has 16 nitrogen and oxygen atoms in total. The second-order valence-electron chi connectivity index (χ2n) is 19.1. The Morgan fingerprint density at radius 1 is 0.957 bits per heavy atom. The van der Waals surface area contributed by atoms with Gasteiger partial charge in [0.15, 0.2) is 5.69 Å². The number of anilines is 3. The molecule has 8 rings (SSSR count). The minimum Gasteiger partial charge on any atom is -0.391 e. The van der Waals surface area contributed by atoms with Crippen LogP contribution in [0.5, 0.6) is 0 Å². The number of nitrogens with zero attached hydrogens (tertiary/aromatic N) is 8. The molecule has 69 heavy (non-hydrogen) atoms. The highest BCUT2D eigenvalue weighted by Gasteiger charge is 2.45. The van der Waals surface area contributed by atoms with Crippen LogP contribution >= 0.6 is 11.3 Å². The summed E-state index contributed by atoms with van der Waals surface area (Å²) in [6.45, 7) is 16.9. The van der Waals surface area contributed by atoms with Crippen LogP contribution < -0.4 is 20.9 Å². The van der Waals surface area contributed by atoms with Crippen molar-refractivity contribution in [2.24, 2.45) is 5.41 Å². The first-order valence-electron chi connectivity index (χ1n) is 23.0. The molecule has 360 valence electrons. The number of aromatic nitrogens is 4. The summed E-state index contributed by atoms with van der Waals surface area (Å²) in [7, 11) is 0. The number of aliphatic hydroxyl groups is 1. The molecule has 1 aromatic carbocycles. The van der Waals surface area contributed by atoms with Gasteiger partial charge in [-0.05, 0) is 85.0 Å². The van der Waals surface area contributed by atoms with E-state index in [2.05, 4.69) is 40.7 Å². The van der Waals surface area contributed by atoms with Crippen molar-refractivity contribution in [3.05, 3.63) is 118 Å². The predicted octanol–water partition coefficient (Wildman–Crippen LogP) is 7.45. The number of likely N-dealkylation sites (tertiary alicyclic amines) is 2. The number of thiazole rings is 1. The van der Waals surface area contributed by atoms with E-state index in [1.807, 2.05) is 50.2 Å². The van der Waals surface area contributed by atoms with Crippen LogP contribution in [-0.2, 0) is 9.59 Å². The van der Waals surface area contributed by atoms with Gasteiger partial charge in [-0.2, -0.15) is 0 Å². The Hall–Kier alpha value is -6.91. The van der Waals surface area contributed by atoms with Crippen molar-refractivity contribution in [1.29, 1.82) is 0 Å². The number of β-amino-alcohol motifs (C(OH)–C–C–N with tert-alkyl or cyclic N) is 1. The smallest absolute Gasteiger partial charge is 0.266 e. The number of pyridine rings is 3. The van der Waals surface area contributed by atoms with Crippen LogP contribution in [0.15, 0.2) is 78.7 Å². The third kappa shape index (κ3) is 11.2. The lowest BCUT2D eigenvalue weighted by molar-refractivity contribution is -0.142. The molecule has 3 fully saturated rings. The van der Waals surface area contributed by atoms with E-state index in [9.17, 15) is 33.1 Å². The van der Waals surface area contributed by atoms with Gasteiger partial charge in [0.25, 0.3) is 17.7 Å². The Morgan fingerprint density at radius 2 is 1.70 bits per heavy atom. The van der Waals surface area contributed by atoms with Gasteiger partial charge in [0.05, 0.1) is 52.5 Å². The number of aryl methyl sites for hydroxylation is 1. The van der Waals surface area contributed by atoms with Gasteiger partial charge < -0.3 is 35.8 Å². The number of rotatable bonds is 12. The number of amides is 4. The molecule has 0 saturated carbocycles. The molecule has 3 aliphatic rings. The van der Waals surface area contributed by atoms with E-state index in [4.69, 9.17) is 6.57 Å². The number of carbonyl (C=O) groups is 4. The number of nitrogens with one attached hydrogen (secondary N) is 3. The number of carbonyl (C=O) groups excluding carboxylic acids is 4. The predicted molar refractivity (Wildman–Crippen MR) is 258 cm³/mol. The number of piperidine rings is 1. The maximum atomic E-state index is 14.4. The summed E-state index contributed by atoms with van der Waals surface area (Å²) >= 11 is 1.55. The number of aliphatic hydroxyl groups excluding tert-OH is 1. The number of halogens is 2. The monoisotopic (exact) mass is 959 g/mol.